The quantitative estimate of drug-likeness (QED) is 0.440. The van der Waals surface area contributed by atoms with E-state index in [1.807, 2.05) is 74.5 Å². The van der Waals surface area contributed by atoms with Crippen LogP contribution in [0.1, 0.15) is 24.0 Å². The van der Waals surface area contributed by atoms with Gasteiger partial charge in [-0.05, 0) is 48.9 Å². The molecule has 0 aromatic heterocycles. The summed E-state index contributed by atoms with van der Waals surface area (Å²) in [6, 6.07) is 19.9. The Morgan fingerprint density at radius 1 is 1.12 bits per heavy atom. The summed E-state index contributed by atoms with van der Waals surface area (Å²) in [5, 5.41) is 5.20. The Kier molecular flexibility index (Phi) is 7.65. The molecular weight excluding hydrogens is 446 g/mol. The van der Waals surface area contributed by atoms with Crippen molar-refractivity contribution in [2.45, 2.75) is 31.9 Å². The number of hydrogen-bond donors (Lipinski definition) is 1. The van der Waals surface area contributed by atoms with Crippen molar-refractivity contribution in [3.05, 3.63) is 71.8 Å². The molecule has 0 aliphatic carbocycles. The number of fused-ring (bicyclic) bond motifs is 1. The SMILES string of the molecule is COCCCN1C(=O)C(CC(=O)Nc2cc(C)ccc2C)SC1=Nc1cccc2ccccc12. The fourth-order valence-electron chi connectivity index (χ4n) is 3.95. The Hall–Kier alpha value is -3.16. The Bertz CT molecular complexity index is 1240. The molecule has 4 rings (SSSR count). The molecule has 0 saturated carbocycles. The van der Waals surface area contributed by atoms with E-state index in [9.17, 15) is 9.59 Å². The lowest BCUT2D eigenvalue weighted by molar-refractivity contribution is -0.128. The molecule has 1 unspecified atom stereocenters. The zero-order chi connectivity index (χ0) is 24.1. The number of aliphatic imine (C=N–C) groups is 1. The van der Waals surface area contributed by atoms with E-state index in [4.69, 9.17) is 9.73 Å². The topological polar surface area (TPSA) is 71.0 Å². The van der Waals surface area contributed by atoms with Crippen LogP contribution in [0.25, 0.3) is 10.8 Å². The largest absolute Gasteiger partial charge is 0.385 e. The maximum atomic E-state index is 13.3. The van der Waals surface area contributed by atoms with Gasteiger partial charge in [-0.3, -0.25) is 14.5 Å². The summed E-state index contributed by atoms with van der Waals surface area (Å²) in [7, 11) is 1.64. The number of carbonyl (C=O) groups is 2. The lowest BCUT2D eigenvalue weighted by Crippen LogP contribution is -2.34. The Morgan fingerprint density at radius 2 is 1.91 bits per heavy atom. The molecule has 1 atom stereocenters. The third kappa shape index (κ3) is 5.48. The third-order valence-electron chi connectivity index (χ3n) is 5.77. The summed E-state index contributed by atoms with van der Waals surface area (Å²) in [5.41, 5.74) is 3.65. The average Bonchev–Trinajstić information content (AvgIpc) is 3.10. The molecule has 3 aromatic carbocycles. The van der Waals surface area contributed by atoms with Crippen molar-refractivity contribution >= 4 is 50.9 Å². The molecule has 1 aliphatic rings. The van der Waals surface area contributed by atoms with Crippen molar-refractivity contribution in [1.29, 1.82) is 0 Å². The van der Waals surface area contributed by atoms with E-state index in [1.165, 1.54) is 11.8 Å². The molecule has 1 saturated heterocycles. The summed E-state index contributed by atoms with van der Waals surface area (Å²) >= 11 is 1.36. The number of amides is 2. The highest BCUT2D eigenvalue weighted by atomic mass is 32.2. The predicted octanol–water partition coefficient (Wildman–Crippen LogP) is 5.45. The van der Waals surface area contributed by atoms with E-state index in [2.05, 4.69) is 5.32 Å². The van der Waals surface area contributed by atoms with Gasteiger partial charge in [-0.25, -0.2) is 4.99 Å². The Labute approximate surface area is 204 Å². The first-order valence-corrected chi connectivity index (χ1v) is 12.2. The molecule has 34 heavy (non-hydrogen) atoms. The molecule has 1 fully saturated rings. The number of hydrogen-bond acceptors (Lipinski definition) is 5. The number of aryl methyl sites for hydroxylation is 2. The molecule has 7 heteroatoms. The van der Waals surface area contributed by atoms with Crippen LogP contribution in [0.4, 0.5) is 11.4 Å². The monoisotopic (exact) mass is 475 g/mol. The highest BCUT2D eigenvalue weighted by molar-refractivity contribution is 8.15. The molecule has 1 heterocycles. The number of methoxy groups -OCH3 is 1. The van der Waals surface area contributed by atoms with E-state index in [0.717, 1.165) is 33.3 Å². The second kappa shape index (κ2) is 10.8. The van der Waals surface area contributed by atoms with Crippen LogP contribution in [-0.2, 0) is 14.3 Å². The summed E-state index contributed by atoms with van der Waals surface area (Å²) in [4.78, 5) is 32.7. The van der Waals surface area contributed by atoms with Crippen molar-refractivity contribution in [2.75, 3.05) is 25.6 Å². The fraction of sp³-hybridized carbons (Fsp3) is 0.296. The van der Waals surface area contributed by atoms with Crippen molar-refractivity contribution in [3.8, 4) is 0 Å². The first-order valence-electron chi connectivity index (χ1n) is 11.4. The fourth-order valence-corrected chi connectivity index (χ4v) is 5.12. The second-order valence-electron chi connectivity index (χ2n) is 8.41. The maximum Gasteiger partial charge on any atom is 0.242 e. The number of carbonyl (C=O) groups excluding carboxylic acids is 2. The standard InChI is InChI=1S/C27H29N3O3S/c1-18-12-13-19(2)23(16-18)28-25(31)17-24-26(32)30(14-7-15-33-3)27(34-24)29-22-11-6-9-20-8-4-5-10-21(20)22/h4-6,8-13,16,24H,7,14-15,17H2,1-3H3,(H,28,31). The average molecular weight is 476 g/mol. The molecule has 1 N–H and O–H groups in total. The van der Waals surface area contributed by atoms with E-state index < -0.39 is 5.25 Å². The molecular formula is C27H29N3O3S. The van der Waals surface area contributed by atoms with Gasteiger partial charge >= 0.3 is 0 Å². The minimum absolute atomic E-state index is 0.0868. The third-order valence-corrected chi connectivity index (χ3v) is 6.95. The first kappa shape index (κ1) is 24.0. The second-order valence-corrected chi connectivity index (χ2v) is 9.58. The van der Waals surface area contributed by atoms with Gasteiger partial charge in [0, 0.05) is 37.8 Å². The van der Waals surface area contributed by atoms with Gasteiger partial charge < -0.3 is 10.1 Å². The number of anilines is 1. The molecule has 0 bridgehead atoms. The lowest BCUT2D eigenvalue weighted by atomic mass is 10.1. The van der Waals surface area contributed by atoms with E-state index in [-0.39, 0.29) is 18.2 Å². The molecule has 3 aromatic rings. The molecule has 2 amide bonds. The number of ether oxygens (including phenoxy) is 1. The number of rotatable bonds is 8. The van der Waals surface area contributed by atoms with Gasteiger partial charge in [0.25, 0.3) is 0 Å². The van der Waals surface area contributed by atoms with Crippen LogP contribution in [0, 0.1) is 13.8 Å². The maximum absolute atomic E-state index is 13.3. The molecule has 6 nitrogen and oxygen atoms in total. The van der Waals surface area contributed by atoms with Crippen molar-refractivity contribution < 1.29 is 14.3 Å². The Balaban J connectivity index is 1.56. The predicted molar refractivity (Wildman–Crippen MR) is 140 cm³/mol. The zero-order valence-corrected chi connectivity index (χ0v) is 20.5. The number of thioether (sulfide) groups is 1. The van der Waals surface area contributed by atoms with Crippen LogP contribution in [0.15, 0.2) is 65.7 Å². The van der Waals surface area contributed by atoms with E-state index in [0.29, 0.717) is 24.7 Å². The van der Waals surface area contributed by atoms with Gasteiger partial charge in [-0.15, -0.1) is 0 Å². The van der Waals surface area contributed by atoms with Gasteiger partial charge in [0.15, 0.2) is 5.17 Å². The van der Waals surface area contributed by atoms with Gasteiger partial charge in [0.05, 0.1) is 5.69 Å². The van der Waals surface area contributed by atoms with Crippen LogP contribution in [0.3, 0.4) is 0 Å². The van der Waals surface area contributed by atoms with Crippen LogP contribution in [-0.4, -0.2) is 47.4 Å². The number of amidine groups is 1. The number of nitrogens with one attached hydrogen (secondary N) is 1. The summed E-state index contributed by atoms with van der Waals surface area (Å²) in [5.74, 6) is -0.265. The lowest BCUT2D eigenvalue weighted by Gasteiger charge is -2.16. The summed E-state index contributed by atoms with van der Waals surface area (Å²) < 4.78 is 5.18. The van der Waals surface area contributed by atoms with Crippen molar-refractivity contribution in [3.63, 3.8) is 0 Å². The van der Waals surface area contributed by atoms with Crippen LogP contribution in [0.2, 0.25) is 0 Å². The normalized spacial score (nSPS) is 17.0. The molecule has 0 radical (unpaired) electrons. The van der Waals surface area contributed by atoms with E-state index >= 15 is 0 Å². The summed E-state index contributed by atoms with van der Waals surface area (Å²) in [6.45, 7) is 4.99. The minimum atomic E-state index is -0.513. The highest BCUT2D eigenvalue weighted by Gasteiger charge is 2.39. The molecule has 1 aliphatic heterocycles. The van der Waals surface area contributed by atoms with Gasteiger partial charge in [0.2, 0.25) is 11.8 Å². The van der Waals surface area contributed by atoms with E-state index in [1.54, 1.807) is 12.0 Å². The van der Waals surface area contributed by atoms with Crippen LogP contribution in [0.5, 0.6) is 0 Å². The zero-order valence-electron chi connectivity index (χ0n) is 19.7. The van der Waals surface area contributed by atoms with Crippen molar-refractivity contribution in [2.24, 2.45) is 4.99 Å². The Morgan fingerprint density at radius 3 is 2.74 bits per heavy atom. The molecule has 176 valence electrons. The van der Waals surface area contributed by atoms with Gasteiger partial charge in [-0.2, -0.15) is 0 Å². The number of benzene rings is 3. The summed E-state index contributed by atoms with van der Waals surface area (Å²) in [6.07, 6.45) is 0.783. The van der Waals surface area contributed by atoms with Crippen LogP contribution < -0.4 is 5.32 Å². The number of nitrogens with zero attached hydrogens (tertiary/aromatic N) is 2. The highest BCUT2D eigenvalue weighted by Crippen LogP contribution is 2.34. The van der Waals surface area contributed by atoms with Gasteiger partial charge in [-0.1, -0.05) is 60.3 Å². The first-order chi connectivity index (χ1) is 16.5. The van der Waals surface area contributed by atoms with Crippen molar-refractivity contribution in [1.82, 2.24) is 4.90 Å². The minimum Gasteiger partial charge on any atom is -0.385 e. The smallest absolute Gasteiger partial charge is 0.242 e. The van der Waals surface area contributed by atoms with Crippen LogP contribution >= 0.6 is 11.8 Å². The van der Waals surface area contributed by atoms with Gasteiger partial charge in [0.1, 0.15) is 5.25 Å². The molecule has 0 spiro atoms.